The molecule has 18 heavy (non-hydrogen) atoms. The first-order valence-corrected chi connectivity index (χ1v) is 7.31. The maximum absolute atomic E-state index is 10.7. The molecule has 1 heterocycles. The van der Waals surface area contributed by atoms with E-state index >= 15 is 0 Å². The quantitative estimate of drug-likeness (QED) is 0.598. The van der Waals surface area contributed by atoms with Gasteiger partial charge in [-0.15, -0.1) is 0 Å². The molecule has 1 aromatic carbocycles. The van der Waals surface area contributed by atoms with Crippen LogP contribution in [0.5, 0.6) is 0 Å². The summed E-state index contributed by atoms with van der Waals surface area (Å²) in [6, 6.07) is 5.74. The Balaban J connectivity index is 2.18. The average Bonchev–Trinajstić information content (AvgIpc) is 2.37. The second kappa shape index (κ2) is 6.17. The van der Waals surface area contributed by atoms with Gasteiger partial charge < -0.3 is 20.5 Å². The van der Waals surface area contributed by atoms with Crippen molar-refractivity contribution in [1.82, 2.24) is 5.32 Å². The molecule has 5 nitrogen and oxygen atoms in total. The number of nitrogens with two attached hydrogens (primary N) is 1. The van der Waals surface area contributed by atoms with E-state index in [9.17, 15) is 8.76 Å². The van der Waals surface area contributed by atoms with Crippen molar-refractivity contribution in [2.24, 2.45) is 0 Å². The number of rotatable bonds is 4. The van der Waals surface area contributed by atoms with E-state index in [1.165, 1.54) is 0 Å². The van der Waals surface area contributed by atoms with E-state index in [2.05, 4.69) is 10.2 Å². The smallest absolute Gasteiger partial charge is 0.0401 e. The molecule has 1 saturated heterocycles. The first-order valence-electron chi connectivity index (χ1n) is 6.07. The van der Waals surface area contributed by atoms with Gasteiger partial charge in [0.1, 0.15) is 0 Å². The Morgan fingerprint density at radius 3 is 2.78 bits per heavy atom. The van der Waals surface area contributed by atoms with E-state index in [0.717, 1.165) is 37.4 Å². The number of nitrogens with zero attached hydrogens (tertiary/aromatic N) is 1. The van der Waals surface area contributed by atoms with Crippen LogP contribution in [0.25, 0.3) is 0 Å². The number of anilines is 2. The van der Waals surface area contributed by atoms with Crippen molar-refractivity contribution in [3.63, 3.8) is 0 Å². The first kappa shape index (κ1) is 13.3. The molecule has 2 rings (SSSR count). The van der Waals surface area contributed by atoms with Gasteiger partial charge in [0.05, 0.1) is 0 Å². The fourth-order valence-corrected chi connectivity index (χ4v) is 2.60. The third-order valence-electron chi connectivity index (χ3n) is 3.10. The van der Waals surface area contributed by atoms with E-state index in [1.54, 1.807) is 0 Å². The van der Waals surface area contributed by atoms with Crippen LogP contribution < -0.4 is 16.0 Å². The Kier molecular flexibility index (Phi) is 4.57. The zero-order valence-corrected chi connectivity index (χ0v) is 11.0. The normalized spacial score (nSPS) is 17.7. The molecule has 0 saturated carbocycles. The summed E-state index contributed by atoms with van der Waals surface area (Å²) >= 11 is -2.01. The predicted molar refractivity (Wildman–Crippen MR) is 73.4 cm³/mol. The minimum atomic E-state index is -2.01. The number of benzene rings is 1. The molecule has 0 aliphatic carbocycles. The van der Waals surface area contributed by atoms with Crippen molar-refractivity contribution in [2.45, 2.75) is 6.42 Å². The van der Waals surface area contributed by atoms with Crippen LogP contribution in [0.1, 0.15) is 5.56 Å². The van der Waals surface area contributed by atoms with Crippen LogP contribution >= 0.6 is 0 Å². The van der Waals surface area contributed by atoms with Gasteiger partial charge in [0.25, 0.3) is 0 Å². The minimum absolute atomic E-state index is 0.141. The zero-order chi connectivity index (χ0) is 13.0. The van der Waals surface area contributed by atoms with Gasteiger partial charge in [-0.25, -0.2) is 0 Å². The fraction of sp³-hybridized carbons (Fsp3) is 0.500. The van der Waals surface area contributed by atoms with Gasteiger partial charge in [-0.1, -0.05) is 11.1 Å². The number of piperazine rings is 1. The van der Waals surface area contributed by atoms with E-state index in [0.29, 0.717) is 12.1 Å². The summed E-state index contributed by atoms with van der Waals surface area (Å²) in [4.78, 5) is 2.28. The van der Waals surface area contributed by atoms with Crippen molar-refractivity contribution >= 4 is 22.5 Å². The topological polar surface area (TPSA) is 81.4 Å². The lowest BCUT2D eigenvalue weighted by molar-refractivity contribution is 0.536. The third-order valence-corrected chi connectivity index (χ3v) is 3.64. The maximum atomic E-state index is 10.7. The molecular weight excluding hydrogens is 250 g/mol. The van der Waals surface area contributed by atoms with Crippen LogP contribution in [0.2, 0.25) is 0 Å². The molecule has 1 aliphatic heterocycles. The standard InChI is InChI=1S/C12H19N3O2S/c13-11-1-2-12(15-6-4-14-5-7-15)10(9-11)3-8-18(16)17/h1-2,9,14H,3-8,13H2,(H,16,17)/p-1. The lowest BCUT2D eigenvalue weighted by Gasteiger charge is -2.31. The second-order valence-corrected chi connectivity index (χ2v) is 5.40. The predicted octanol–water partition coefficient (Wildman–Crippen LogP) is 0.1000. The second-order valence-electron chi connectivity index (χ2n) is 4.38. The van der Waals surface area contributed by atoms with Crippen molar-refractivity contribution in [3.05, 3.63) is 23.8 Å². The number of nitrogen functional groups attached to an aromatic ring is 1. The number of hydrogen-bond acceptors (Lipinski definition) is 5. The summed E-state index contributed by atoms with van der Waals surface area (Å²) in [6.07, 6.45) is 0.514. The molecule has 3 N–H and O–H groups in total. The minimum Gasteiger partial charge on any atom is -0.772 e. The van der Waals surface area contributed by atoms with Crippen LogP contribution in [0.4, 0.5) is 11.4 Å². The average molecular weight is 268 g/mol. The summed E-state index contributed by atoms with van der Waals surface area (Å²) in [5.74, 6) is 0.141. The Bertz CT molecular complexity index is 433. The molecule has 1 aromatic rings. The molecule has 0 aromatic heterocycles. The SMILES string of the molecule is Nc1ccc(N2CCNCC2)c(CCS(=O)[O-])c1. The molecule has 1 atom stereocenters. The largest absolute Gasteiger partial charge is 0.772 e. The van der Waals surface area contributed by atoms with E-state index < -0.39 is 11.1 Å². The molecular formula is C12H18N3O2S-. The van der Waals surface area contributed by atoms with Crippen molar-refractivity contribution < 1.29 is 8.76 Å². The van der Waals surface area contributed by atoms with Gasteiger partial charge in [0.2, 0.25) is 0 Å². The molecule has 0 spiro atoms. The van der Waals surface area contributed by atoms with Crippen molar-refractivity contribution in [2.75, 3.05) is 42.6 Å². The fourth-order valence-electron chi connectivity index (χ4n) is 2.21. The number of hydrogen-bond donors (Lipinski definition) is 2. The van der Waals surface area contributed by atoms with Gasteiger partial charge in [-0.3, -0.25) is 4.21 Å². The van der Waals surface area contributed by atoms with Crippen LogP contribution in [-0.2, 0) is 17.5 Å². The summed E-state index contributed by atoms with van der Waals surface area (Å²) in [7, 11) is 0. The Morgan fingerprint density at radius 2 is 2.11 bits per heavy atom. The van der Waals surface area contributed by atoms with E-state index in [4.69, 9.17) is 5.73 Å². The molecule has 1 fully saturated rings. The molecule has 1 unspecified atom stereocenters. The van der Waals surface area contributed by atoms with Crippen molar-refractivity contribution in [3.8, 4) is 0 Å². The highest BCUT2D eigenvalue weighted by Gasteiger charge is 2.14. The molecule has 0 bridgehead atoms. The van der Waals surface area contributed by atoms with Crippen LogP contribution in [0.3, 0.4) is 0 Å². The highest BCUT2D eigenvalue weighted by Crippen LogP contribution is 2.24. The maximum Gasteiger partial charge on any atom is 0.0401 e. The lowest BCUT2D eigenvalue weighted by atomic mass is 10.1. The number of nitrogens with one attached hydrogen (secondary N) is 1. The van der Waals surface area contributed by atoms with Gasteiger partial charge in [-0.05, 0) is 30.2 Å². The summed E-state index contributed by atoms with van der Waals surface area (Å²) < 4.78 is 21.4. The van der Waals surface area contributed by atoms with E-state index in [-0.39, 0.29) is 5.75 Å². The molecule has 6 heteroatoms. The zero-order valence-electron chi connectivity index (χ0n) is 10.2. The van der Waals surface area contributed by atoms with E-state index in [1.807, 2.05) is 18.2 Å². The molecule has 0 radical (unpaired) electrons. The monoisotopic (exact) mass is 268 g/mol. The van der Waals surface area contributed by atoms with Gasteiger partial charge >= 0.3 is 0 Å². The summed E-state index contributed by atoms with van der Waals surface area (Å²) in [5.41, 5.74) is 8.58. The third kappa shape index (κ3) is 3.44. The Labute approximate surface area is 110 Å². The number of aryl methyl sites for hydroxylation is 1. The van der Waals surface area contributed by atoms with Gasteiger partial charge in [0.15, 0.2) is 0 Å². The van der Waals surface area contributed by atoms with Crippen molar-refractivity contribution in [1.29, 1.82) is 0 Å². The molecule has 100 valence electrons. The van der Waals surface area contributed by atoms with Gasteiger partial charge in [0, 0.05) is 43.3 Å². The highest BCUT2D eigenvalue weighted by molar-refractivity contribution is 7.79. The van der Waals surface area contributed by atoms with Gasteiger partial charge in [-0.2, -0.15) is 0 Å². The first-order chi connectivity index (χ1) is 8.66. The lowest BCUT2D eigenvalue weighted by Crippen LogP contribution is -2.43. The Hall–Kier alpha value is -1.11. The summed E-state index contributed by atoms with van der Waals surface area (Å²) in [5, 5.41) is 3.30. The Morgan fingerprint density at radius 1 is 1.39 bits per heavy atom. The highest BCUT2D eigenvalue weighted by atomic mass is 32.2. The van der Waals surface area contributed by atoms with Crippen LogP contribution in [0, 0.1) is 0 Å². The van der Waals surface area contributed by atoms with Crippen LogP contribution in [0.15, 0.2) is 18.2 Å². The van der Waals surface area contributed by atoms with Crippen LogP contribution in [-0.4, -0.2) is 40.7 Å². The summed E-state index contributed by atoms with van der Waals surface area (Å²) in [6.45, 7) is 3.80. The molecule has 1 aliphatic rings. The molecule has 0 amide bonds.